The molecule has 2 unspecified atom stereocenters. The minimum atomic E-state index is 0.275. The van der Waals surface area contributed by atoms with E-state index in [-0.39, 0.29) is 6.04 Å². The molecule has 0 bridgehead atoms. The Morgan fingerprint density at radius 1 is 1.24 bits per heavy atom. The molecule has 1 aromatic heterocycles. The van der Waals surface area contributed by atoms with Crippen LogP contribution in [-0.2, 0) is 12.8 Å². The van der Waals surface area contributed by atoms with Gasteiger partial charge < -0.3 is 10.3 Å². The first-order valence-corrected chi connectivity index (χ1v) is 8.32. The largest absolute Gasteiger partial charge is 0.339 e. The van der Waals surface area contributed by atoms with Gasteiger partial charge in [0.1, 0.15) is 0 Å². The fourth-order valence-electron chi connectivity index (χ4n) is 2.97. The number of aromatic nitrogens is 2. The minimum absolute atomic E-state index is 0.275. The lowest BCUT2D eigenvalue weighted by atomic mass is 9.83. The Hall–Kier alpha value is -1.20. The Morgan fingerprint density at radius 2 is 2.05 bits per heavy atom. The van der Waals surface area contributed by atoms with Crippen LogP contribution in [0.5, 0.6) is 0 Å². The summed E-state index contributed by atoms with van der Waals surface area (Å²) in [6.45, 7) is 0. The van der Waals surface area contributed by atoms with Crippen LogP contribution >= 0.6 is 15.9 Å². The Bertz CT molecular complexity index is 599. The maximum absolute atomic E-state index is 6.18. The first-order chi connectivity index (χ1) is 10.2. The summed E-state index contributed by atoms with van der Waals surface area (Å²) in [5.74, 6) is 1.94. The lowest BCUT2D eigenvalue weighted by molar-refractivity contribution is 0.273. The first kappa shape index (κ1) is 14.7. The Labute approximate surface area is 133 Å². The lowest BCUT2D eigenvalue weighted by Crippen LogP contribution is -2.34. The van der Waals surface area contributed by atoms with Crippen LogP contribution in [0.4, 0.5) is 0 Å². The standard InChI is InChI=1S/C16H20BrN3O/c17-13-7-3-1-5-11(13)9-15-19-16(21-20-15)10-12-6-2-4-8-14(12)18/h1,3,5,7,12,14H,2,4,6,8-10,18H2. The highest BCUT2D eigenvalue weighted by atomic mass is 79.9. The van der Waals surface area contributed by atoms with Gasteiger partial charge in [0.25, 0.3) is 0 Å². The van der Waals surface area contributed by atoms with Crippen LogP contribution in [-0.4, -0.2) is 16.2 Å². The minimum Gasteiger partial charge on any atom is -0.339 e. The molecular formula is C16H20BrN3O. The van der Waals surface area contributed by atoms with Crippen molar-refractivity contribution in [3.8, 4) is 0 Å². The van der Waals surface area contributed by atoms with Gasteiger partial charge in [0.05, 0.1) is 0 Å². The third-order valence-corrected chi connectivity index (χ3v) is 4.99. The molecule has 112 valence electrons. The zero-order valence-corrected chi connectivity index (χ0v) is 13.6. The van der Waals surface area contributed by atoms with E-state index in [1.807, 2.05) is 18.2 Å². The Kier molecular flexibility index (Phi) is 4.70. The predicted octanol–water partition coefficient (Wildman–Crippen LogP) is 3.48. The first-order valence-electron chi connectivity index (χ1n) is 7.53. The highest BCUT2D eigenvalue weighted by Crippen LogP contribution is 2.26. The molecule has 2 aromatic rings. The highest BCUT2D eigenvalue weighted by molar-refractivity contribution is 9.10. The molecule has 0 radical (unpaired) electrons. The Balaban J connectivity index is 1.65. The number of nitrogens with zero attached hydrogens (tertiary/aromatic N) is 2. The molecule has 4 nitrogen and oxygen atoms in total. The van der Waals surface area contributed by atoms with Crippen LogP contribution in [0.3, 0.4) is 0 Å². The third kappa shape index (κ3) is 3.71. The van der Waals surface area contributed by atoms with Gasteiger partial charge in [-0.15, -0.1) is 0 Å². The average Bonchev–Trinajstić information content (AvgIpc) is 2.91. The molecule has 1 fully saturated rings. The summed E-state index contributed by atoms with van der Waals surface area (Å²) in [7, 11) is 0. The van der Waals surface area contributed by atoms with Gasteiger partial charge in [0.15, 0.2) is 5.82 Å². The van der Waals surface area contributed by atoms with Crippen molar-refractivity contribution in [2.75, 3.05) is 0 Å². The van der Waals surface area contributed by atoms with Crippen molar-refractivity contribution in [3.63, 3.8) is 0 Å². The molecule has 1 saturated carbocycles. The lowest BCUT2D eigenvalue weighted by Gasteiger charge is -2.27. The summed E-state index contributed by atoms with van der Waals surface area (Å²) < 4.78 is 6.47. The van der Waals surface area contributed by atoms with Gasteiger partial charge in [-0.25, -0.2) is 0 Å². The van der Waals surface area contributed by atoms with Gasteiger partial charge in [0.2, 0.25) is 5.89 Å². The predicted molar refractivity (Wildman–Crippen MR) is 84.9 cm³/mol. The van der Waals surface area contributed by atoms with Crippen molar-refractivity contribution < 1.29 is 4.52 Å². The molecule has 1 aromatic carbocycles. The van der Waals surface area contributed by atoms with Crippen LogP contribution < -0.4 is 5.73 Å². The van der Waals surface area contributed by atoms with Crippen molar-refractivity contribution in [2.24, 2.45) is 11.7 Å². The van der Waals surface area contributed by atoms with Crippen LogP contribution in [0.1, 0.15) is 43.0 Å². The normalized spacial score (nSPS) is 22.4. The van der Waals surface area contributed by atoms with Gasteiger partial charge in [0, 0.05) is 23.4 Å². The summed E-state index contributed by atoms with van der Waals surface area (Å²) in [4.78, 5) is 4.52. The van der Waals surface area contributed by atoms with E-state index in [0.29, 0.717) is 12.3 Å². The number of nitrogens with two attached hydrogens (primary N) is 1. The Morgan fingerprint density at radius 3 is 2.86 bits per heavy atom. The van der Waals surface area contributed by atoms with E-state index in [9.17, 15) is 0 Å². The van der Waals surface area contributed by atoms with E-state index in [0.717, 1.165) is 29.0 Å². The van der Waals surface area contributed by atoms with Crippen molar-refractivity contribution in [1.29, 1.82) is 0 Å². The van der Waals surface area contributed by atoms with Gasteiger partial charge in [-0.3, -0.25) is 0 Å². The second-order valence-electron chi connectivity index (χ2n) is 5.79. The summed E-state index contributed by atoms with van der Waals surface area (Å²) >= 11 is 3.55. The van der Waals surface area contributed by atoms with Crippen LogP contribution in [0, 0.1) is 5.92 Å². The van der Waals surface area contributed by atoms with Crippen molar-refractivity contribution in [3.05, 3.63) is 46.0 Å². The smallest absolute Gasteiger partial charge is 0.226 e. The zero-order valence-electron chi connectivity index (χ0n) is 12.0. The molecule has 5 heteroatoms. The molecule has 2 atom stereocenters. The number of halogens is 1. The van der Waals surface area contributed by atoms with Crippen molar-refractivity contribution in [1.82, 2.24) is 10.1 Å². The van der Waals surface area contributed by atoms with Gasteiger partial charge in [-0.1, -0.05) is 52.1 Å². The summed E-state index contributed by atoms with van der Waals surface area (Å²) in [6.07, 6.45) is 6.28. The number of hydrogen-bond acceptors (Lipinski definition) is 4. The summed E-state index contributed by atoms with van der Waals surface area (Å²) in [5, 5.41) is 4.10. The molecule has 0 spiro atoms. The van der Waals surface area contributed by atoms with E-state index in [2.05, 4.69) is 32.1 Å². The number of benzene rings is 1. The van der Waals surface area contributed by atoms with Crippen LogP contribution in [0.2, 0.25) is 0 Å². The van der Waals surface area contributed by atoms with Gasteiger partial charge in [-0.2, -0.15) is 4.98 Å². The van der Waals surface area contributed by atoms with E-state index < -0.39 is 0 Å². The topological polar surface area (TPSA) is 64.9 Å². The third-order valence-electron chi connectivity index (χ3n) is 4.22. The molecular weight excluding hydrogens is 330 g/mol. The van der Waals surface area contributed by atoms with Gasteiger partial charge in [-0.05, 0) is 30.4 Å². The maximum Gasteiger partial charge on any atom is 0.226 e. The SMILES string of the molecule is NC1CCCCC1Cc1nc(Cc2ccccc2Br)no1. The average molecular weight is 350 g/mol. The molecule has 0 amide bonds. The summed E-state index contributed by atoms with van der Waals surface area (Å²) in [6, 6.07) is 8.38. The maximum atomic E-state index is 6.18. The second kappa shape index (κ2) is 6.71. The molecule has 3 rings (SSSR count). The number of rotatable bonds is 4. The quantitative estimate of drug-likeness (QED) is 0.917. The van der Waals surface area contributed by atoms with Gasteiger partial charge >= 0.3 is 0 Å². The molecule has 1 heterocycles. The zero-order chi connectivity index (χ0) is 14.7. The van der Waals surface area contributed by atoms with E-state index in [1.54, 1.807) is 0 Å². The van der Waals surface area contributed by atoms with Crippen molar-refractivity contribution in [2.45, 2.75) is 44.6 Å². The molecule has 0 saturated heterocycles. The fourth-order valence-corrected chi connectivity index (χ4v) is 3.40. The molecule has 1 aliphatic rings. The summed E-state index contributed by atoms with van der Waals surface area (Å²) in [5.41, 5.74) is 7.35. The van der Waals surface area contributed by atoms with Crippen LogP contribution in [0.15, 0.2) is 33.3 Å². The second-order valence-corrected chi connectivity index (χ2v) is 6.64. The van der Waals surface area contributed by atoms with E-state index in [4.69, 9.17) is 10.3 Å². The van der Waals surface area contributed by atoms with Crippen molar-refractivity contribution >= 4 is 15.9 Å². The van der Waals surface area contributed by atoms with E-state index in [1.165, 1.54) is 24.8 Å². The van der Waals surface area contributed by atoms with E-state index >= 15 is 0 Å². The highest BCUT2D eigenvalue weighted by Gasteiger charge is 2.24. The molecule has 21 heavy (non-hydrogen) atoms. The number of hydrogen-bond donors (Lipinski definition) is 1. The molecule has 0 aliphatic heterocycles. The molecule has 2 N–H and O–H groups in total. The monoisotopic (exact) mass is 349 g/mol. The molecule has 1 aliphatic carbocycles. The van der Waals surface area contributed by atoms with Crippen LogP contribution in [0.25, 0.3) is 0 Å². The fraction of sp³-hybridized carbons (Fsp3) is 0.500.